The van der Waals surface area contributed by atoms with E-state index in [9.17, 15) is 4.79 Å². The second kappa shape index (κ2) is 6.78. The number of aromatic nitrogens is 2. The van der Waals surface area contributed by atoms with Gasteiger partial charge in [-0.1, -0.05) is 6.92 Å². The summed E-state index contributed by atoms with van der Waals surface area (Å²) in [6, 6.07) is 4.53. The molecule has 0 radical (unpaired) electrons. The predicted octanol–water partition coefficient (Wildman–Crippen LogP) is 2.58. The van der Waals surface area contributed by atoms with Crippen molar-refractivity contribution in [1.29, 1.82) is 0 Å². The summed E-state index contributed by atoms with van der Waals surface area (Å²) >= 11 is 0. The average Bonchev–Trinajstić information content (AvgIpc) is 2.92. The zero-order valence-electron chi connectivity index (χ0n) is 12.1. The van der Waals surface area contributed by atoms with Crippen LogP contribution in [0.15, 0.2) is 30.7 Å². The summed E-state index contributed by atoms with van der Waals surface area (Å²) in [6.07, 6.45) is 4.50. The van der Waals surface area contributed by atoms with Crippen LogP contribution in [0.1, 0.15) is 29.4 Å². The molecule has 1 aromatic carbocycles. The van der Waals surface area contributed by atoms with Gasteiger partial charge in [0.15, 0.2) is 11.5 Å². The van der Waals surface area contributed by atoms with Crippen molar-refractivity contribution in [1.82, 2.24) is 9.55 Å². The molecule has 0 unspecified atom stereocenters. The standard InChI is InChI=1S/C15H18N2O4/c1-3-6-17-10-16-8-12(17)9-21-14-7-11(15(18)19)4-5-13(14)20-2/h4-5,7-8,10H,3,6,9H2,1-2H3,(H,18,19). The van der Waals surface area contributed by atoms with Gasteiger partial charge >= 0.3 is 5.97 Å². The summed E-state index contributed by atoms with van der Waals surface area (Å²) in [7, 11) is 1.52. The Morgan fingerprint density at radius 3 is 2.86 bits per heavy atom. The molecule has 2 rings (SSSR count). The van der Waals surface area contributed by atoms with Gasteiger partial charge in [0.05, 0.1) is 30.9 Å². The van der Waals surface area contributed by atoms with Crippen molar-refractivity contribution in [3.8, 4) is 11.5 Å². The number of hydrogen-bond donors (Lipinski definition) is 1. The van der Waals surface area contributed by atoms with Crippen LogP contribution in [0.3, 0.4) is 0 Å². The van der Waals surface area contributed by atoms with Gasteiger partial charge in [-0.25, -0.2) is 9.78 Å². The molecule has 0 bridgehead atoms. The second-order valence-corrected chi connectivity index (χ2v) is 4.54. The first-order valence-electron chi connectivity index (χ1n) is 6.68. The fraction of sp³-hybridized carbons (Fsp3) is 0.333. The van der Waals surface area contributed by atoms with E-state index in [0.29, 0.717) is 18.1 Å². The van der Waals surface area contributed by atoms with Crippen molar-refractivity contribution in [2.45, 2.75) is 26.5 Å². The Labute approximate surface area is 122 Å². The van der Waals surface area contributed by atoms with Crippen LogP contribution in [0.25, 0.3) is 0 Å². The van der Waals surface area contributed by atoms with Crippen molar-refractivity contribution in [2.75, 3.05) is 7.11 Å². The van der Waals surface area contributed by atoms with Crippen molar-refractivity contribution >= 4 is 5.97 Å². The number of rotatable bonds is 7. The zero-order valence-corrected chi connectivity index (χ0v) is 12.1. The van der Waals surface area contributed by atoms with Gasteiger partial charge < -0.3 is 19.1 Å². The van der Waals surface area contributed by atoms with E-state index in [1.807, 2.05) is 4.57 Å². The van der Waals surface area contributed by atoms with Gasteiger partial charge in [-0.05, 0) is 24.6 Å². The van der Waals surface area contributed by atoms with E-state index in [0.717, 1.165) is 18.7 Å². The fourth-order valence-electron chi connectivity index (χ4n) is 1.98. The molecule has 0 aliphatic carbocycles. The number of ether oxygens (including phenoxy) is 2. The van der Waals surface area contributed by atoms with Crippen LogP contribution >= 0.6 is 0 Å². The highest BCUT2D eigenvalue weighted by atomic mass is 16.5. The molecule has 112 valence electrons. The number of benzene rings is 1. The molecule has 0 saturated heterocycles. The van der Waals surface area contributed by atoms with Crippen molar-refractivity contribution in [2.24, 2.45) is 0 Å². The van der Waals surface area contributed by atoms with Gasteiger partial charge in [0.25, 0.3) is 0 Å². The minimum Gasteiger partial charge on any atom is -0.493 e. The molecule has 0 aliphatic rings. The number of aryl methyl sites for hydroxylation is 1. The van der Waals surface area contributed by atoms with Gasteiger partial charge in [-0.15, -0.1) is 0 Å². The monoisotopic (exact) mass is 290 g/mol. The Hall–Kier alpha value is -2.50. The largest absolute Gasteiger partial charge is 0.493 e. The smallest absolute Gasteiger partial charge is 0.335 e. The highest BCUT2D eigenvalue weighted by Crippen LogP contribution is 2.28. The van der Waals surface area contributed by atoms with Crippen molar-refractivity contribution < 1.29 is 19.4 Å². The molecule has 2 aromatic rings. The van der Waals surface area contributed by atoms with Crippen LogP contribution < -0.4 is 9.47 Å². The van der Waals surface area contributed by atoms with E-state index < -0.39 is 5.97 Å². The summed E-state index contributed by atoms with van der Waals surface area (Å²) in [5, 5.41) is 9.03. The van der Waals surface area contributed by atoms with E-state index in [1.165, 1.54) is 19.2 Å². The molecule has 6 heteroatoms. The molecule has 0 aliphatic heterocycles. The molecule has 0 spiro atoms. The number of carboxylic acid groups (broad SMARTS) is 1. The topological polar surface area (TPSA) is 73.6 Å². The van der Waals surface area contributed by atoms with Crippen LogP contribution in [-0.4, -0.2) is 27.7 Å². The third-order valence-corrected chi connectivity index (χ3v) is 3.05. The quantitative estimate of drug-likeness (QED) is 0.848. The predicted molar refractivity (Wildman–Crippen MR) is 76.8 cm³/mol. The van der Waals surface area contributed by atoms with E-state index in [2.05, 4.69) is 11.9 Å². The second-order valence-electron chi connectivity index (χ2n) is 4.54. The number of hydrogen-bond acceptors (Lipinski definition) is 4. The molecular formula is C15H18N2O4. The lowest BCUT2D eigenvalue weighted by Gasteiger charge is -2.12. The first-order chi connectivity index (χ1) is 10.2. The molecule has 1 N–H and O–H groups in total. The number of aromatic carboxylic acids is 1. The van der Waals surface area contributed by atoms with E-state index >= 15 is 0 Å². The van der Waals surface area contributed by atoms with E-state index in [4.69, 9.17) is 14.6 Å². The third-order valence-electron chi connectivity index (χ3n) is 3.05. The van der Waals surface area contributed by atoms with Gasteiger partial charge in [0.2, 0.25) is 0 Å². The number of carboxylic acids is 1. The Bertz CT molecular complexity index is 622. The van der Waals surface area contributed by atoms with E-state index in [-0.39, 0.29) is 5.56 Å². The summed E-state index contributed by atoms with van der Waals surface area (Å²) in [5.41, 5.74) is 1.09. The molecule has 0 atom stereocenters. The maximum atomic E-state index is 11.0. The SMILES string of the molecule is CCCn1cncc1COc1cc(C(=O)O)ccc1OC. The van der Waals surface area contributed by atoms with Crippen LogP contribution in [0.5, 0.6) is 11.5 Å². The number of nitrogens with zero attached hydrogens (tertiary/aromatic N) is 2. The van der Waals surface area contributed by atoms with Gasteiger partial charge in [0.1, 0.15) is 6.61 Å². The van der Waals surface area contributed by atoms with Crippen LogP contribution in [0, 0.1) is 0 Å². The normalized spacial score (nSPS) is 10.4. The number of imidazole rings is 1. The maximum Gasteiger partial charge on any atom is 0.335 e. The zero-order chi connectivity index (χ0) is 15.2. The lowest BCUT2D eigenvalue weighted by atomic mass is 10.2. The highest BCUT2D eigenvalue weighted by Gasteiger charge is 2.11. The molecule has 21 heavy (non-hydrogen) atoms. The number of carbonyl (C=O) groups is 1. The summed E-state index contributed by atoms with van der Waals surface area (Å²) in [4.78, 5) is 15.1. The number of methoxy groups -OCH3 is 1. The van der Waals surface area contributed by atoms with Crippen molar-refractivity contribution in [3.63, 3.8) is 0 Å². The minimum atomic E-state index is -1.00. The molecular weight excluding hydrogens is 272 g/mol. The van der Waals surface area contributed by atoms with Crippen molar-refractivity contribution in [3.05, 3.63) is 42.0 Å². The molecule has 1 heterocycles. The summed E-state index contributed by atoms with van der Waals surface area (Å²) in [6.45, 7) is 3.26. The van der Waals surface area contributed by atoms with Crippen LogP contribution in [0.2, 0.25) is 0 Å². The molecule has 1 aromatic heterocycles. The van der Waals surface area contributed by atoms with E-state index in [1.54, 1.807) is 18.6 Å². The highest BCUT2D eigenvalue weighted by molar-refractivity contribution is 5.88. The lowest BCUT2D eigenvalue weighted by molar-refractivity contribution is 0.0696. The van der Waals surface area contributed by atoms with Gasteiger partial charge in [-0.3, -0.25) is 0 Å². The third kappa shape index (κ3) is 3.53. The minimum absolute atomic E-state index is 0.160. The molecule has 0 fully saturated rings. The van der Waals surface area contributed by atoms with Gasteiger partial charge in [-0.2, -0.15) is 0 Å². The molecule has 6 nitrogen and oxygen atoms in total. The molecule has 0 amide bonds. The molecule has 0 saturated carbocycles. The summed E-state index contributed by atoms with van der Waals surface area (Å²) < 4.78 is 12.9. The average molecular weight is 290 g/mol. The van der Waals surface area contributed by atoms with Gasteiger partial charge in [0, 0.05) is 6.54 Å². The Kier molecular flexibility index (Phi) is 4.81. The Balaban J connectivity index is 2.16. The maximum absolute atomic E-state index is 11.0. The summed E-state index contributed by atoms with van der Waals surface area (Å²) in [5.74, 6) is -0.0956. The Morgan fingerprint density at radius 2 is 2.19 bits per heavy atom. The first-order valence-corrected chi connectivity index (χ1v) is 6.68. The first kappa shape index (κ1) is 14.9. The van der Waals surface area contributed by atoms with Crippen LogP contribution in [-0.2, 0) is 13.2 Å². The lowest BCUT2D eigenvalue weighted by Crippen LogP contribution is -2.06. The Morgan fingerprint density at radius 1 is 1.38 bits per heavy atom. The van der Waals surface area contributed by atoms with Crippen LogP contribution in [0.4, 0.5) is 0 Å². The fourth-order valence-corrected chi connectivity index (χ4v) is 1.98.